The summed E-state index contributed by atoms with van der Waals surface area (Å²) in [7, 11) is 0. The maximum Gasteiger partial charge on any atom is 0.329 e. The number of allylic oxidation sites excluding steroid dienone is 1. The fraction of sp³-hybridized carbons (Fsp3) is 0.773. The molecule has 0 saturated carbocycles. The molecular weight excluding hydrogens is 372 g/mol. The highest BCUT2D eigenvalue weighted by atomic mass is 16.6. The van der Waals surface area contributed by atoms with E-state index in [1.807, 2.05) is 33.8 Å². The zero-order chi connectivity index (χ0) is 21.8. The van der Waals surface area contributed by atoms with Gasteiger partial charge >= 0.3 is 11.9 Å². The van der Waals surface area contributed by atoms with Crippen molar-refractivity contribution in [3.05, 3.63) is 12.2 Å². The summed E-state index contributed by atoms with van der Waals surface area (Å²) in [4.78, 5) is 40.1. The van der Waals surface area contributed by atoms with Gasteiger partial charge in [-0.05, 0) is 59.8 Å². The molecule has 29 heavy (non-hydrogen) atoms. The molecule has 7 nitrogen and oxygen atoms in total. The van der Waals surface area contributed by atoms with Crippen LogP contribution in [-0.4, -0.2) is 59.1 Å². The van der Waals surface area contributed by atoms with Crippen LogP contribution in [0.5, 0.6) is 0 Å². The van der Waals surface area contributed by atoms with Gasteiger partial charge in [-0.25, -0.2) is 4.79 Å². The van der Waals surface area contributed by atoms with Gasteiger partial charge in [-0.2, -0.15) is 0 Å². The van der Waals surface area contributed by atoms with Crippen molar-refractivity contribution < 1.29 is 23.9 Å². The molecule has 164 valence electrons. The Morgan fingerprint density at radius 1 is 1.24 bits per heavy atom. The SMILES string of the molecule is CCC[C@H](N[C@@H](C)C(=O)N1[C@@H]2C=CC[C@H]2C[C@H]1C(=O)OC(C)(C)C)C(=O)OCC. The summed E-state index contributed by atoms with van der Waals surface area (Å²) in [5.74, 6) is -0.667. The number of nitrogens with zero attached hydrogens (tertiary/aromatic N) is 1. The van der Waals surface area contributed by atoms with E-state index in [9.17, 15) is 14.4 Å². The van der Waals surface area contributed by atoms with Crippen LogP contribution in [0.3, 0.4) is 0 Å². The topological polar surface area (TPSA) is 84.9 Å². The predicted molar refractivity (Wildman–Crippen MR) is 110 cm³/mol. The Kier molecular flexibility index (Phi) is 7.86. The minimum absolute atomic E-state index is 0.100. The molecule has 0 aromatic carbocycles. The quantitative estimate of drug-likeness (QED) is 0.491. The molecule has 1 saturated heterocycles. The van der Waals surface area contributed by atoms with Crippen LogP contribution in [0.15, 0.2) is 12.2 Å². The van der Waals surface area contributed by atoms with Crippen molar-refractivity contribution >= 4 is 17.8 Å². The van der Waals surface area contributed by atoms with E-state index in [2.05, 4.69) is 11.4 Å². The monoisotopic (exact) mass is 408 g/mol. The van der Waals surface area contributed by atoms with Crippen LogP contribution in [0.2, 0.25) is 0 Å². The van der Waals surface area contributed by atoms with Crippen molar-refractivity contribution in [3.63, 3.8) is 0 Å². The van der Waals surface area contributed by atoms with Crippen LogP contribution in [0.1, 0.15) is 67.2 Å². The van der Waals surface area contributed by atoms with Crippen molar-refractivity contribution in [2.24, 2.45) is 5.92 Å². The van der Waals surface area contributed by atoms with Crippen LogP contribution < -0.4 is 5.32 Å². The fourth-order valence-corrected chi connectivity index (χ4v) is 4.13. The Hall–Kier alpha value is -1.89. The minimum Gasteiger partial charge on any atom is -0.465 e. The molecule has 0 aromatic heterocycles. The lowest BCUT2D eigenvalue weighted by molar-refractivity contribution is -0.164. The Morgan fingerprint density at radius 3 is 2.52 bits per heavy atom. The molecular formula is C22H36N2O5. The van der Waals surface area contributed by atoms with Gasteiger partial charge < -0.3 is 14.4 Å². The van der Waals surface area contributed by atoms with Crippen molar-refractivity contribution in [3.8, 4) is 0 Å². The van der Waals surface area contributed by atoms with Crippen molar-refractivity contribution in [2.75, 3.05) is 6.61 Å². The lowest BCUT2D eigenvalue weighted by Crippen LogP contribution is -2.55. The molecule has 7 heteroatoms. The molecule has 1 aliphatic heterocycles. The second-order valence-corrected chi connectivity index (χ2v) is 8.93. The Bertz CT molecular complexity index is 640. The number of carbonyl (C=O) groups excluding carboxylic acids is 3. The summed E-state index contributed by atoms with van der Waals surface area (Å²) in [6.45, 7) is 11.3. The molecule has 0 aromatic rings. The summed E-state index contributed by atoms with van der Waals surface area (Å²) in [5, 5.41) is 3.12. The average Bonchev–Trinajstić information content (AvgIpc) is 3.20. The molecule has 1 amide bonds. The number of ether oxygens (including phenoxy) is 2. The first-order valence-corrected chi connectivity index (χ1v) is 10.7. The smallest absolute Gasteiger partial charge is 0.329 e. The number of hydrogen-bond donors (Lipinski definition) is 1. The molecule has 0 unspecified atom stereocenters. The molecule has 5 atom stereocenters. The number of esters is 2. The first-order valence-electron chi connectivity index (χ1n) is 10.7. The standard InChI is InChI=1S/C22H36N2O5/c1-7-10-16(20(26)28-8-2)23-14(3)19(25)24-17-12-9-11-15(17)13-18(24)21(27)29-22(4,5)6/h9,12,14-18,23H,7-8,10-11,13H2,1-6H3/t14-,15-,16-,17+,18-/m0/s1. The summed E-state index contributed by atoms with van der Waals surface area (Å²) in [6.07, 6.45) is 6.90. The highest BCUT2D eigenvalue weighted by Crippen LogP contribution is 2.38. The predicted octanol–water partition coefficient (Wildman–Crippen LogP) is 2.58. The largest absolute Gasteiger partial charge is 0.465 e. The summed E-state index contributed by atoms with van der Waals surface area (Å²) in [6, 6.07) is -1.86. The second-order valence-electron chi connectivity index (χ2n) is 8.93. The van der Waals surface area contributed by atoms with Gasteiger partial charge in [0.1, 0.15) is 17.7 Å². The van der Waals surface area contributed by atoms with E-state index in [-0.39, 0.29) is 29.8 Å². The number of fused-ring (bicyclic) bond motifs is 1. The first-order chi connectivity index (χ1) is 13.6. The third kappa shape index (κ3) is 5.81. The molecule has 1 heterocycles. The number of amides is 1. The average molecular weight is 409 g/mol. The van der Waals surface area contributed by atoms with E-state index >= 15 is 0 Å². The van der Waals surface area contributed by atoms with Crippen molar-refractivity contribution in [2.45, 2.75) is 97.0 Å². The highest BCUT2D eigenvalue weighted by molar-refractivity contribution is 5.89. The zero-order valence-electron chi connectivity index (χ0n) is 18.6. The summed E-state index contributed by atoms with van der Waals surface area (Å²) >= 11 is 0. The van der Waals surface area contributed by atoms with Crippen LogP contribution in [-0.2, 0) is 23.9 Å². The van der Waals surface area contributed by atoms with Gasteiger partial charge in [-0.3, -0.25) is 14.9 Å². The lowest BCUT2D eigenvalue weighted by Gasteiger charge is -2.33. The number of hydrogen-bond acceptors (Lipinski definition) is 6. The Labute approximate surface area is 174 Å². The molecule has 1 N–H and O–H groups in total. The highest BCUT2D eigenvalue weighted by Gasteiger charge is 2.49. The van der Waals surface area contributed by atoms with Gasteiger partial charge in [0, 0.05) is 0 Å². The molecule has 0 radical (unpaired) electrons. The number of carbonyl (C=O) groups is 3. The second kappa shape index (κ2) is 9.74. The van der Waals surface area contributed by atoms with E-state index in [1.54, 1.807) is 18.7 Å². The van der Waals surface area contributed by atoms with E-state index in [0.29, 0.717) is 19.4 Å². The van der Waals surface area contributed by atoms with E-state index in [4.69, 9.17) is 9.47 Å². The maximum atomic E-state index is 13.4. The molecule has 1 aliphatic carbocycles. The lowest BCUT2D eigenvalue weighted by atomic mass is 10.0. The van der Waals surface area contributed by atoms with Gasteiger partial charge in [-0.1, -0.05) is 25.5 Å². The summed E-state index contributed by atoms with van der Waals surface area (Å²) < 4.78 is 10.7. The van der Waals surface area contributed by atoms with Crippen LogP contribution >= 0.6 is 0 Å². The zero-order valence-corrected chi connectivity index (χ0v) is 18.6. The van der Waals surface area contributed by atoms with Gasteiger partial charge in [0.25, 0.3) is 0 Å². The Balaban J connectivity index is 2.16. The maximum absolute atomic E-state index is 13.4. The molecule has 1 fully saturated rings. The van der Waals surface area contributed by atoms with Gasteiger partial charge in [0.2, 0.25) is 5.91 Å². The third-order valence-electron chi connectivity index (χ3n) is 5.34. The van der Waals surface area contributed by atoms with E-state index in [0.717, 1.165) is 12.8 Å². The number of rotatable bonds is 8. The minimum atomic E-state index is -0.617. The number of likely N-dealkylation sites (tertiary alicyclic amines) is 1. The molecule has 0 bridgehead atoms. The van der Waals surface area contributed by atoms with Crippen LogP contribution in [0.25, 0.3) is 0 Å². The summed E-state index contributed by atoms with van der Waals surface area (Å²) in [5.41, 5.74) is -0.612. The molecule has 2 aliphatic rings. The van der Waals surface area contributed by atoms with Crippen molar-refractivity contribution in [1.82, 2.24) is 10.2 Å². The van der Waals surface area contributed by atoms with Crippen LogP contribution in [0.4, 0.5) is 0 Å². The van der Waals surface area contributed by atoms with E-state index < -0.39 is 23.7 Å². The Morgan fingerprint density at radius 2 is 1.93 bits per heavy atom. The molecule has 0 spiro atoms. The van der Waals surface area contributed by atoms with Gasteiger partial charge in [-0.15, -0.1) is 0 Å². The van der Waals surface area contributed by atoms with E-state index in [1.165, 1.54) is 0 Å². The van der Waals surface area contributed by atoms with Crippen LogP contribution in [0, 0.1) is 5.92 Å². The van der Waals surface area contributed by atoms with Gasteiger partial charge in [0.05, 0.1) is 18.7 Å². The fourth-order valence-electron chi connectivity index (χ4n) is 4.13. The third-order valence-corrected chi connectivity index (χ3v) is 5.34. The molecule has 2 rings (SSSR count). The van der Waals surface area contributed by atoms with Gasteiger partial charge in [0.15, 0.2) is 0 Å². The number of nitrogens with one attached hydrogen (secondary N) is 1. The first kappa shape index (κ1) is 23.4. The normalized spacial score (nSPS) is 25.4. The van der Waals surface area contributed by atoms with Crippen molar-refractivity contribution in [1.29, 1.82) is 0 Å².